The number of imide groups is 1. The normalized spacial score (nSPS) is 19.3. The van der Waals surface area contributed by atoms with Gasteiger partial charge in [0.15, 0.2) is 6.61 Å². The van der Waals surface area contributed by atoms with Crippen molar-refractivity contribution in [2.75, 3.05) is 6.61 Å². The molecule has 3 rings (SSSR count). The Morgan fingerprint density at radius 1 is 1.25 bits per heavy atom. The summed E-state index contributed by atoms with van der Waals surface area (Å²) in [6.07, 6.45) is 4.07. The van der Waals surface area contributed by atoms with E-state index in [1.54, 1.807) is 6.07 Å². The Morgan fingerprint density at radius 2 is 1.96 bits per heavy atom. The van der Waals surface area contributed by atoms with Crippen molar-refractivity contribution in [3.63, 3.8) is 0 Å². The van der Waals surface area contributed by atoms with Crippen molar-refractivity contribution >= 4 is 17.8 Å². The third-order valence-electron chi connectivity index (χ3n) is 4.56. The van der Waals surface area contributed by atoms with Crippen LogP contribution in [-0.4, -0.2) is 35.0 Å². The maximum atomic E-state index is 12.5. The Kier molecular flexibility index (Phi) is 4.42. The summed E-state index contributed by atoms with van der Waals surface area (Å²) in [5.74, 6) is -0.334. The molecule has 128 valence electrons. The Labute approximate surface area is 140 Å². The molecule has 1 heterocycles. The van der Waals surface area contributed by atoms with Crippen LogP contribution in [-0.2, 0) is 9.59 Å². The van der Waals surface area contributed by atoms with Gasteiger partial charge in [-0.1, -0.05) is 37.5 Å². The van der Waals surface area contributed by atoms with Crippen LogP contribution in [0.1, 0.15) is 37.7 Å². The number of rotatable bonds is 4. The maximum Gasteiger partial charge on any atom is 0.344 e. The number of para-hydroxylation sites is 1. The number of urea groups is 1. The number of nitrogens with zero attached hydrogens (tertiary/aromatic N) is 1. The number of benzene rings is 1. The molecule has 24 heavy (non-hydrogen) atoms. The van der Waals surface area contributed by atoms with Crippen molar-refractivity contribution < 1.29 is 19.1 Å². The Balaban J connectivity index is 1.59. The van der Waals surface area contributed by atoms with Gasteiger partial charge in [-0.25, -0.2) is 4.79 Å². The van der Waals surface area contributed by atoms with Crippen molar-refractivity contribution in [1.29, 1.82) is 0 Å². The van der Waals surface area contributed by atoms with Gasteiger partial charge >= 0.3 is 6.03 Å². The number of aryl methyl sites for hydroxylation is 1. The molecule has 0 aromatic heterocycles. The van der Waals surface area contributed by atoms with Crippen LogP contribution in [0.4, 0.5) is 4.79 Å². The topological polar surface area (TPSA) is 87.7 Å². The monoisotopic (exact) mass is 331 g/mol. The molecule has 1 aromatic rings. The zero-order chi connectivity index (χ0) is 17.2. The lowest BCUT2D eigenvalue weighted by Crippen LogP contribution is -2.51. The van der Waals surface area contributed by atoms with Crippen LogP contribution in [0.5, 0.6) is 5.75 Å². The molecule has 0 atom stereocenters. The van der Waals surface area contributed by atoms with Crippen molar-refractivity contribution in [1.82, 2.24) is 15.8 Å². The van der Waals surface area contributed by atoms with E-state index in [9.17, 15) is 14.4 Å². The minimum atomic E-state index is -0.848. The van der Waals surface area contributed by atoms with E-state index in [0.717, 1.165) is 29.8 Å². The van der Waals surface area contributed by atoms with E-state index in [4.69, 9.17) is 4.74 Å². The first-order valence-corrected chi connectivity index (χ1v) is 8.16. The van der Waals surface area contributed by atoms with Crippen molar-refractivity contribution in [2.45, 2.75) is 44.6 Å². The van der Waals surface area contributed by atoms with Crippen LogP contribution >= 0.6 is 0 Å². The second kappa shape index (κ2) is 6.51. The number of carbonyl (C=O) groups excluding carboxylic acids is 3. The van der Waals surface area contributed by atoms with Crippen molar-refractivity contribution in [3.05, 3.63) is 29.8 Å². The van der Waals surface area contributed by atoms with E-state index in [2.05, 4.69) is 10.7 Å². The van der Waals surface area contributed by atoms with Gasteiger partial charge in [0, 0.05) is 0 Å². The molecule has 2 aliphatic rings. The van der Waals surface area contributed by atoms with E-state index in [0.29, 0.717) is 18.6 Å². The molecule has 4 amide bonds. The number of nitrogens with one attached hydrogen (secondary N) is 2. The lowest BCUT2D eigenvalue weighted by atomic mass is 9.82. The van der Waals surface area contributed by atoms with Gasteiger partial charge in [0.2, 0.25) is 0 Å². The Hall–Kier alpha value is -2.57. The van der Waals surface area contributed by atoms with Gasteiger partial charge in [0.05, 0.1) is 0 Å². The average Bonchev–Trinajstić information content (AvgIpc) is 2.79. The van der Waals surface area contributed by atoms with Crippen LogP contribution in [0, 0.1) is 6.92 Å². The van der Waals surface area contributed by atoms with Gasteiger partial charge in [-0.05, 0) is 31.4 Å². The fourth-order valence-electron chi connectivity index (χ4n) is 3.23. The summed E-state index contributed by atoms with van der Waals surface area (Å²) in [6.45, 7) is 1.60. The standard InChI is InChI=1S/C17H21N3O4/c1-12-7-3-4-8-13(12)24-11-14(21)19-20-15(22)17(18-16(20)23)9-5-2-6-10-17/h3-4,7-8H,2,5-6,9-11H2,1H3,(H,18,23)(H,19,21). The fourth-order valence-corrected chi connectivity index (χ4v) is 3.23. The first kappa shape index (κ1) is 16.3. The predicted octanol–water partition coefficient (Wildman–Crippen LogP) is 1.66. The highest BCUT2D eigenvalue weighted by Gasteiger charge is 2.52. The summed E-state index contributed by atoms with van der Waals surface area (Å²) < 4.78 is 5.43. The summed E-state index contributed by atoms with van der Waals surface area (Å²) >= 11 is 0. The first-order valence-electron chi connectivity index (χ1n) is 8.16. The first-order chi connectivity index (χ1) is 11.5. The maximum absolute atomic E-state index is 12.5. The SMILES string of the molecule is Cc1ccccc1OCC(=O)NN1C(=O)NC2(CCCCC2)C1=O. The lowest BCUT2D eigenvalue weighted by molar-refractivity contribution is -0.140. The number of hydrazine groups is 1. The number of hydrogen-bond donors (Lipinski definition) is 2. The minimum absolute atomic E-state index is 0.269. The molecule has 1 spiro atoms. The van der Waals surface area contributed by atoms with E-state index < -0.39 is 17.5 Å². The van der Waals surface area contributed by atoms with Crippen LogP contribution in [0.15, 0.2) is 24.3 Å². The van der Waals surface area contributed by atoms with E-state index in [1.165, 1.54) is 0 Å². The second-order valence-corrected chi connectivity index (χ2v) is 6.30. The molecule has 1 aliphatic carbocycles. The number of hydrogen-bond acceptors (Lipinski definition) is 4. The van der Waals surface area contributed by atoms with Crippen LogP contribution in [0.3, 0.4) is 0 Å². The number of ether oxygens (including phenoxy) is 1. The lowest BCUT2D eigenvalue weighted by Gasteiger charge is -2.30. The number of amides is 4. The van der Waals surface area contributed by atoms with Crippen molar-refractivity contribution in [2.24, 2.45) is 0 Å². The molecule has 7 nitrogen and oxygen atoms in total. The zero-order valence-electron chi connectivity index (χ0n) is 13.6. The third-order valence-corrected chi connectivity index (χ3v) is 4.56. The Morgan fingerprint density at radius 3 is 2.67 bits per heavy atom. The summed E-state index contributed by atoms with van der Waals surface area (Å²) in [5.41, 5.74) is 2.40. The highest BCUT2D eigenvalue weighted by Crippen LogP contribution is 2.32. The van der Waals surface area contributed by atoms with Crippen LogP contribution in [0.2, 0.25) is 0 Å². The highest BCUT2D eigenvalue weighted by molar-refractivity contribution is 6.08. The highest BCUT2D eigenvalue weighted by atomic mass is 16.5. The van der Waals surface area contributed by atoms with Gasteiger partial charge in [0.25, 0.3) is 11.8 Å². The van der Waals surface area contributed by atoms with E-state index >= 15 is 0 Å². The molecule has 2 fully saturated rings. The van der Waals surface area contributed by atoms with E-state index in [1.807, 2.05) is 25.1 Å². The summed E-state index contributed by atoms with van der Waals surface area (Å²) in [4.78, 5) is 36.6. The summed E-state index contributed by atoms with van der Waals surface area (Å²) in [6, 6.07) is 6.74. The molecule has 1 saturated heterocycles. The average molecular weight is 331 g/mol. The molecule has 1 aliphatic heterocycles. The molecule has 2 N–H and O–H groups in total. The zero-order valence-corrected chi connectivity index (χ0v) is 13.6. The molecular formula is C17H21N3O4. The van der Waals surface area contributed by atoms with Gasteiger partial charge in [0.1, 0.15) is 11.3 Å². The third kappa shape index (κ3) is 3.06. The molecule has 0 unspecified atom stereocenters. The van der Waals surface area contributed by atoms with Gasteiger partial charge in [-0.2, -0.15) is 5.01 Å². The van der Waals surface area contributed by atoms with Crippen LogP contribution in [0.25, 0.3) is 0 Å². The molecule has 0 radical (unpaired) electrons. The summed E-state index contributed by atoms with van der Waals surface area (Å²) in [5, 5.41) is 3.53. The fraction of sp³-hybridized carbons (Fsp3) is 0.471. The van der Waals surface area contributed by atoms with Crippen molar-refractivity contribution in [3.8, 4) is 5.75 Å². The smallest absolute Gasteiger partial charge is 0.344 e. The quantitative estimate of drug-likeness (QED) is 0.822. The predicted molar refractivity (Wildman–Crippen MR) is 86.0 cm³/mol. The molecule has 0 bridgehead atoms. The largest absolute Gasteiger partial charge is 0.483 e. The Bertz CT molecular complexity index is 668. The molecule has 1 saturated carbocycles. The molecule has 1 aromatic carbocycles. The van der Waals surface area contributed by atoms with Crippen LogP contribution < -0.4 is 15.5 Å². The molecular weight excluding hydrogens is 310 g/mol. The van der Waals surface area contributed by atoms with Gasteiger partial charge < -0.3 is 10.1 Å². The summed E-state index contributed by atoms with van der Waals surface area (Å²) in [7, 11) is 0. The minimum Gasteiger partial charge on any atom is -0.483 e. The second-order valence-electron chi connectivity index (χ2n) is 6.30. The van der Waals surface area contributed by atoms with Gasteiger partial charge in [-0.15, -0.1) is 0 Å². The van der Waals surface area contributed by atoms with E-state index in [-0.39, 0.29) is 12.5 Å². The van der Waals surface area contributed by atoms with Gasteiger partial charge in [-0.3, -0.25) is 15.0 Å². The molecule has 7 heteroatoms. The number of carbonyl (C=O) groups is 3.